The monoisotopic (exact) mass is 365 g/mol. The first-order chi connectivity index (χ1) is 12.0. The van der Waals surface area contributed by atoms with Gasteiger partial charge in [-0.25, -0.2) is 12.8 Å². The summed E-state index contributed by atoms with van der Waals surface area (Å²) >= 11 is 0. The van der Waals surface area contributed by atoms with Crippen LogP contribution < -0.4 is 9.47 Å². The highest BCUT2D eigenvalue weighted by atomic mass is 32.2. The molecule has 0 bridgehead atoms. The van der Waals surface area contributed by atoms with E-state index in [1.54, 1.807) is 18.2 Å². The van der Waals surface area contributed by atoms with E-state index in [4.69, 9.17) is 9.47 Å². The highest BCUT2D eigenvalue weighted by molar-refractivity contribution is 7.89. The van der Waals surface area contributed by atoms with Crippen molar-refractivity contribution in [1.29, 1.82) is 0 Å². The molecule has 7 heteroatoms. The number of nitrogens with zero attached hydrogens (tertiary/aromatic N) is 1. The van der Waals surface area contributed by atoms with Gasteiger partial charge in [-0.15, -0.1) is 0 Å². The van der Waals surface area contributed by atoms with Gasteiger partial charge in [0, 0.05) is 12.6 Å². The second-order valence-electron chi connectivity index (χ2n) is 5.85. The molecule has 1 saturated heterocycles. The van der Waals surface area contributed by atoms with Crippen molar-refractivity contribution in [3.05, 3.63) is 53.8 Å². The van der Waals surface area contributed by atoms with E-state index < -0.39 is 10.0 Å². The van der Waals surface area contributed by atoms with E-state index in [2.05, 4.69) is 0 Å². The zero-order valence-electron chi connectivity index (χ0n) is 14.1. The maximum atomic E-state index is 13.6. The quantitative estimate of drug-likeness (QED) is 0.815. The van der Waals surface area contributed by atoms with Gasteiger partial charge < -0.3 is 9.47 Å². The van der Waals surface area contributed by atoms with Crippen LogP contribution in [0.5, 0.6) is 11.5 Å². The predicted octanol–water partition coefficient (Wildman–Crippen LogP) is 3.37. The second-order valence-corrected chi connectivity index (χ2v) is 7.74. The molecule has 0 unspecified atom stereocenters. The minimum absolute atomic E-state index is 0.133. The Morgan fingerprint density at radius 3 is 2.52 bits per heavy atom. The molecule has 1 aliphatic rings. The van der Waals surface area contributed by atoms with Crippen LogP contribution in [-0.2, 0) is 10.0 Å². The van der Waals surface area contributed by atoms with Gasteiger partial charge >= 0.3 is 0 Å². The number of sulfonamides is 1. The minimum Gasteiger partial charge on any atom is -0.493 e. The Bertz CT molecular complexity index is 869. The average molecular weight is 365 g/mol. The fraction of sp³-hybridized carbons (Fsp3) is 0.333. The van der Waals surface area contributed by atoms with Crippen molar-refractivity contribution < 1.29 is 22.3 Å². The number of halogens is 1. The van der Waals surface area contributed by atoms with Gasteiger partial charge in [0.1, 0.15) is 5.82 Å². The summed E-state index contributed by atoms with van der Waals surface area (Å²) < 4.78 is 51.6. The Morgan fingerprint density at radius 2 is 1.84 bits per heavy atom. The molecule has 0 aliphatic carbocycles. The van der Waals surface area contributed by atoms with Crippen molar-refractivity contribution >= 4 is 10.0 Å². The van der Waals surface area contributed by atoms with E-state index >= 15 is 0 Å². The summed E-state index contributed by atoms with van der Waals surface area (Å²) in [5, 5.41) is 0. The number of benzene rings is 2. The van der Waals surface area contributed by atoms with Crippen LogP contribution in [0.2, 0.25) is 0 Å². The molecule has 25 heavy (non-hydrogen) atoms. The van der Waals surface area contributed by atoms with Crippen LogP contribution in [0.15, 0.2) is 47.4 Å². The third-order valence-electron chi connectivity index (χ3n) is 4.40. The molecule has 0 aromatic heterocycles. The molecule has 2 aromatic carbocycles. The summed E-state index contributed by atoms with van der Waals surface area (Å²) in [6.07, 6.45) is 1.39. The molecule has 1 atom stereocenters. The van der Waals surface area contributed by atoms with Crippen LogP contribution in [0, 0.1) is 5.82 Å². The van der Waals surface area contributed by atoms with Gasteiger partial charge in [0.2, 0.25) is 10.0 Å². The van der Waals surface area contributed by atoms with E-state index in [9.17, 15) is 12.8 Å². The third kappa shape index (κ3) is 3.34. The molecule has 5 nitrogen and oxygen atoms in total. The molecule has 0 amide bonds. The number of ether oxygens (including phenoxy) is 2. The van der Waals surface area contributed by atoms with Crippen molar-refractivity contribution in [1.82, 2.24) is 4.31 Å². The van der Waals surface area contributed by atoms with Crippen molar-refractivity contribution in [3.8, 4) is 11.5 Å². The van der Waals surface area contributed by atoms with Gasteiger partial charge in [0.05, 0.1) is 25.2 Å². The van der Waals surface area contributed by atoms with Gasteiger partial charge in [-0.2, -0.15) is 4.31 Å². The van der Waals surface area contributed by atoms with Crippen LogP contribution in [0.3, 0.4) is 0 Å². The number of rotatable bonds is 5. The molecular formula is C18H20FNO4S. The summed E-state index contributed by atoms with van der Waals surface area (Å²) in [4.78, 5) is 0.133. The first-order valence-corrected chi connectivity index (χ1v) is 9.40. The fourth-order valence-corrected chi connectivity index (χ4v) is 4.89. The highest BCUT2D eigenvalue weighted by Gasteiger charge is 2.36. The molecule has 1 aliphatic heterocycles. The van der Waals surface area contributed by atoms with Crippen LogP contribution in [0.4, 0.5) is 4.39 Å². The number of hydrogen-bond donors (Lipinski definition) is 0. The largest absolute Gasteiger partial charge is 0.493 e. The summed E-state index contributed by atoms with van der Waals surface area (Å²) in [6, 6.07) is 10.3. The minimum atomic E-state index is -3.73. The van der Waals surface area contributed by atoms with Gasteiger partial charge in [0.15, 0.2) is 11.5 Å². The lowest BCUT2D eigenvalue weighted by Crippen LogP contribution is -2.30. The van der Waals surface area contributed by atoms with Crippen molar-refractivity contribution in [3.63, 3.8) is 0 Å². The zero-order valence-corrected chi connectivity index (χ0v) is 14.9. The standard InChI is InChI=1S/C18H20FNO4S/c1-23-17-9-8-15(12-18(17)24-2)25(21,22)20-10-4-7-16(20)13-5-3-6-14(19)11-13/h3,5-6,8-9,11-12,16H,4,7,10H2,1-2H3/t16-/m0/s1. The van der Waals surface area contributed by atoms with Crippen LogP contribution in [0.1, 0.15) is 24.4 Å². The Hall–Kier alpha value is -2.12. The van der Waals surface area contributed by atoms with Crippen LogP contribution in [0.25, 0.3) is 0 Å². The average Bonchev–Trinajstić information content (AvgIpc) is 3.11. The first-order valence-electron chi connectivity index (χ1n) is 7.96. The normalized spacial score (nSPS) is 18.3. The highest BCUT2D eigenvalue weighted by Crippen LogP contribution is 2.38. The smallest absolute Gasteiger partial charge is 0.243 e. The Labute approximate surface area is 147 Å². The zero-order chi connectivity index (χ0) is 18.0. The summed E-state index contributed by atoms with van der Waals surface area (Å²) in [7, 11) is -0.781. The number of hydrogen-bond acceptors (Lipinski definition) is 4. The topological polar surface area (TPSA) is 55.8 Å². The molecule has 3 rings (SSSR count). The molecule has 0 radical (unpaired) electrons. The molecular weight excluding hydrogens is 345 g/mol. The molecule has 0 N–H and O–H groups in total. The fourth-order valence-electron chi connectivity index (χ4n) is 3.19. The Morgan fingerprint density at radius 1 is 1.08 bits per heavy atom. The summed E-state index contributed by atoms with van der Waals surface area (Å²) in [6.45, 7) is 0.401. The second kappa shape index (κ2) is 7.01. The van der Waals surface area contributed by atoms with E-state index in [0.29, 0.717) is 30.0 Å². The predicted molar refractivity (Wildman–Crippen MR) is 91.8 cm³/mol. The van der Waals surface area contributed by atoms with E-state index in [0.717, 1.165) is 6.42 Å². The SMILES string of the molecule is COc1ccc(S(=O)(=O)N2CCC[C@H]2c2cccc(F)c2)cc1OC. The van der Waals surface area contributed by atoms with E-state index in [-0.39, 0.29) is 16.8 Å². The number of methoxy groups -OCH3 is 2. The van der Waals surface area contributed by atoms with E-state index in [1.807, 2.05) is 0 Å². The summed E-state index contributed by atoms with van der Waals surface area (Å²) in [5.74, 6) is 0.447. The molecule has 134 valence electrons. The van der Waals surface area contributed by atoms with Crippen LogP contribution >= 0.6 is 0 Å². The molecule has 0 saturated carbocycles. The molecule has 0 spiro atoms. The summed E-state index contributed by atoms with van der Waals surface area (Å²) in [5.41, 5.74) is 0.668. The third-order valence-corrected chi connectivity index (χ3v) is 6.30. The Kier molecular flexibility index (Phi) is 4.96. The van der Waals surface area contributed by atoms with Crippen LogP contribution in [-0.4, -0.2) is 33.5 Å². The Balaban J connectivity index is 1.99. The lowest BCUT2D eigenvalue weighted by molar-refractivity contribution is 0.353. The maximum absolute atomic E-state index is 13.6. The van der Waals surface area contributed by atoms with Crippen molar-refractivity contribution in [2.24, 2.45) is 0 Å². The van der Waals surface area contributed by atoms with E-state index in [1.165, 1.54) is 42.8 Å². The van der Waals surface area contributed by atoms with Gasteiger partial charge in [-0.1, -0.05) is 12.1 Å². The maximum Gasteiger partial charge on any atom is 0.243 e. The first kappa shape index (κ1) is 17.7. The van der Waals surface area contributed by atoms with Gasteiger partial charge in [0.25, 0.3) is 0 Å². The van der Waals surface area contributed by atoms with Gasteiger partial charge in [-0.3, -0.25) is 0 Å². The lowest BCUT2D eigenvalue weighted by Gasteiger charge is -2.25. The van der Waals surface area contributed by atoms with Crippen molar-refractivity contribution in [2.75, 3.05) is 20.8 Å². The van der Waals surface area contributed by atoms with Gasteiger partial charge in [-0.05, 0) is 42.7 Å². The van der Waals surface area contributed by atoms with Crippen molar-refractivity contribution in [2.45, 2.75) is 23.8 Å². The molecule has 1 fully saturated rings. The molecule has 1 heterocycles. The lowest BCUT2D eigenvalue weighted by atomic mass is 10.1. The molecule has 2 aromatic rings.